The van der Waals surface area contributed by atoms with Crippen LogP contribution in [0, 0.1) is 17.0 Å². The second-order valence-electron chi connectivity index (χ2n) is 5.69. The summed E-state index contributed by atoms with van der Waals surface area (Å²) in [5, 5.41) is 10.5. The second-order valence-corrected chi connectivity index (χ2v) is 6.69. The molecule has 0 bridgehead atoms. The number of nitro groups is 1. The number of amides is 3. The quantitative estimate of drug-likeness (QED) is 0.473. The van der Waals surface area contributed by atoms with Gasteiger partial charge in [-0.3, -0.25) is 29.4 Å². The number of rotatable bonds is 5. The molecule has 2 heterocycles. The fourth-order valence-corrected chi connectivity index (χ4v) is 3.28. The van der Waals surface area contributed by atoms with E-state index in [-0.39, 0.29) is 16.4 Å². The number of nitrogens with zero attached hydrogens (tertiary/aromatic N) is 2. The highest BCUT2D eigenvalue weighted by Gasteiger charge is 2.36. The molecule has 10 heteroatoms. The van der Waals surface area contributed by atoms with Gasteiger partial charge < -0.3 is 10.2 Å². The molecule has 0 unspecified atom stereocenters. The normalized spacial score (nSPS) is 15.6. The Kier molecular flexibility index (Phi) is 4.82. The molecule has 0 aliphatic carbocycles. The molecular formula is C17H13N3O6S. The number of hydrogen-bond acceptors (Lipinski definition) is 7. The monoisotopic (exact) mass is 387 g/mol. The van der Waals surface area contributed by atoms with Crippen LogP contribution in [0.5, 0.6) is 0 Å². The molecule has 3 rings (SSSR count). The lowest BCUT2D eigenvalue weighted by Gasteiger charge is -2.08. The van der Waals surface area contributed by atoms with Crippen LogP contribution in [0.2, 0.25) is 0 Å². The topological polar surface area (TPSA) is 137 Å². The lowest BCUT2D eigenvalue weighted by atomic mass is 10.1. The molecule has 1 aliphatic heterocycles. The van der Waals surface area contributed by atoms with Crippen LogP contribution in [0.1, 0.15) is 11.3 Å². The van der Waals surface area contributed by atoms with E-state index in [2.05, 4.69) is 0 Å². The molecule has 0 saturated carbocycles. The van der Waals surface area contributed by atoms with Gasteiger partial charge in [0, 0.05) is 23.3 Å². The zero-order valence-electron chi connectivity index (χ0n) is 14.0. The zero-order chi connectivity index (χ0) is 19.7. The predicted molar refractivity (Wildman–Crippen MR) is 97.4 cm³/mol. The highest BCUT2D eigenvalue weighted by atomic mass is 32.2. The highest BCUT2D eigenvalue weighted by Crippen LogP contribution is 2.33. The van der Waals surface area contributed by atoms with E-state index < -0.39 is 28.5 Å². The van der Waals surface area contributed by atoms with Gasteiger partial charge in [-0.1, -0.05) is 12.1 Å². The summed E-state index contributed by atoms with van der Waals surface area (Å²) < 4.78 is 5.62. The smallest absolute Gasteiger partial charge is 0.294 e. The number of hydrogen-bond donors (Lipinski definition) is 1. The lowest BCUT2D eigenvalue weighted by molar-refractivity contribution is -0.385. The molecular weight excluding hydrogens is 374 g/mol. The Labute approximate surface area is 157 Å². The Balaban J connectivity index is 1.87. The molecule has 2 N–H and O–H groups in total. The van der Waals surface area contributed by atoms with Gasteiger partial charge in [0.1, 0.15) is 18.1 Å². The first-order valence-electron chi connectivity index (χ1n) is 7.65. The molecule has 2 aromatic rings. The van der Waals surface area contributed by atoms with Crippen molar-refractivity contribution in [1.29, 1.82) is 0 Å². The minimum absolute atomic E-state index is 0.0296. The number of furan rings is 1. The fourth-order valence-electron chi connectivity index (χ4n) is 2.47. The van der Waals surface area contributed by atoms with Gasteiger partial charge in [0.05, 0.1) is 9.83 Å². The Hall–Kier alpha value is -3.40. The van der Waals surface area contributed by atoms with Gasteiger partial charge in [-0.05, 0) is 30.8 Å². The molecule has 9 nitrogen and oxygen atoms in total. The van der Waals surface area contributed by atoms with Crippen LogP contribution in [0.15, 0.2) is 39.7 Å². The van der Waals surface area contributed by atoms with E-state index in [9.17, 15) is 24.5 Å². The number of nitro benzene ring substituents is 1. The van der Waals surface area contributed by atoms with Gasteiger partial charge >= 0.3 is 0 Å². The van der Waals surface area contributed by atoms with E-state index >= 15 is 0 Å². The zero-order valence-corrected chi connectivity index (χ0v) is 14.8. The first kappa shape index (κ1) is 18.4. The average molecular weight is 387 g/mol. The Bertz CT molecular complexity index is 1010. The molecule has 0 spiro atoms. The summed E-state index contributed by atoms with van der Waals surface area (Å²) in [6.45, 7) is 1.15. The molecule has 1 aliphatic rings. The largest absolute Gasteiger partial charge is 0.457 e. The maximum Gasteiger partial charge on any atom is 0.294 e. The summed E-state index contributed by atoms with van der Waals surface area (Å²) in [7, 11) is 0. The number of nitrogens with two attached hydrogens (primary N) is 1. The van der Waals surface area contributed by atoms with Gasteiger partial charge in [0.2, 0.25) is 5.91 Å². The van der Waals surface area contributed by atoms with E-state index in [1.807, 2.05) is 0 Å². The standard InChI is InChI=1S/C17H13N3O6S/c1-9-2-3-10(6-12(9)20(24)25)13-5-4-11(26-13)7-14-16(22)19(8-15(18)21)17(23)27-14/h2-7H,8H2,1H3,(H2,18,21)/b14-7-. The van der Waals surface area contributed by atoms with Crippen molar-refractivity contribution in [3.8, 4) is 11.3 Å². The number of thioether (sulfide) groups is 1. The summed E-state index contributed by atoms with van der Waals surface area (Å²) in [4.78, 5) is 46.4. The summed E-state index contributed by atoms with van der Waals surface area (Å²) in [5.74, 6) is -0.758. The Morgan fingerprint density at radius 2 is 2.07 bits per heavy atom. The SMILES string of the molecule is Cc1ccc(-c2ccc(/C=C3\SC(=O)N(CC(N)=O)C3=O)o2)cc1[N+](=O)[O-]. The van der Waals surface area contributed by atoms with Crippen molar-refractivity contribution in [2.75, 3.05) is 6.54 Å². The first-order chi connectivity index (χ1) is 12.8. The van der Waals surface area contributed by atoms with Gasteiger partial charge in [0.25, 0.3) is 16.8 Å². The Morgan fingerprint density at radius 3 is 2.74 bits per heavy atom. The maximum atomic E-state index is 12.2. The summed E-state index contributed by atoms with van der Waals surface area (Å²) >= 11 is 0.673. The molecule has 1 aromatic carbocycles. The van der Waals surface area contributed by atoms with E-state index in [4.69, 9.17) is 10.2 Å². The molecule has 0 atom stereocenters. The van der Waals surface area contributed by atoms with Crippen LogP contribution in [0.3, 0.4) is 0 Å². The third-order valence-corrected chi connectivity index (χ3v) is 4.69. The van der Waals surface area contributed by atoms with E-state index in [0.717, 1.165) is 4.90 Å². The number of carbonyl (C=O) groups excluding carboxylic acids is 3. The second kappa shape index (κ2) is 7.08. The molecule has 1 saturated heterocycles. The van der Waals surface area contributed by atoms with Crippen LogP contribution in [0.25, 0.3) is 17.4 Å². The molecule has 27 heavy (non-hydrogen) atoms. The molecule has 3 amide bonds. The van der Waals surface area contributed by atoms with Crippen LogP contribution in [-0.2, 0) is 9.59 Å². The van der Waals surface area contributed by atoms with Crippen molar-refractivity contribution in [2.45, 2.75) is 6.92 Å². The lowest BCUT2D eigenvalue weighted by Crippen LogP contribution is -2.36. The predicted octanol–water partition coefficient (Wildman–Crippen LogP) is 2.68. The number of primary amides is 1. The number of imide groups is 1. The van der Waals surface area contributed by atoms with Crippen molar-refractivity contribution in [2.24, 2.45) is 5.73 Å². The highest BCUT2D eigenvalue weighted by molar-refractivity contribution is 8.18. The Morgan fingerprint density at radius 1 is 1.33 bits per heavy atom. The van der Waals surface area contributed by atoms with Crippen molar-refractivity contribution in [3.63, 3.8) is 0 Å². The van der Waals surface area contributed by atoms with Crippen molar-refractivity contribution in [3.05, 3.63) is 56.7 Å². The summed E-state index contributed by atoms with van der Waals surface area (Å²) in [5.41, 5.74) is 6.03. The van der Waals surface area contributed by atoms with Crippen molar-refractivity contribution in [1.82, 2.24) is 4.90 Å². The van der Waals surface area contributed by atoms with Crippen molar-refractivity contribution < 1.29 is 23.7 Å². The summed E-state index contributed by atoms with van der Waals surface area (Å²) in [6.07, 6.45) is 1.37. The van der Waals surface area contributed by atoms with Crippen LogP contribution in [-0.4, -0.2) is 33.4 Å². The van der Waals surface area contributed by atoms with Crippen LogP contribution < -0.4 is 5.73 Å². The molecule has 1 fully saturated rings. The minimum atomic E-state index is -0.792. The van der Waals surface area contributed by atoms with Crippen molar-refractivity contribution >= 4 is 40.6 Å². The van der Waals surface area contributed by atoms with Crippen LogP contribution >= 0.6 is 11.8 Å². The number of carbonyl (C=O) groups is 3. The van der Waals surface area contributed by atoms with Gasteiger partial charge in [0.15, 0.2) is 0 Å². The maximum absolute atomic E-state index is 12.2. The fraction of sp³-hybridized carbons (Fsp3) is 0.118. The van der Waals surface area contributed by atoms with Gasteiger partial charge in [-0.2, -0.15) is 0 Å². The first-order valence-corrected chi connectivity index (χ1v) is 8.47. The van der Waals surface area contributed by atoms with E-state index in [1.165, 1.54) is 12.1 Å². The number of benzene rings is 1. The molecule has 1 aromatic heterocycles. The average Bonchev–Trinajstić information content (AvgIpc) is 3.15. The summed E-state index contributed by atoms with van der Waals surface area (Å²) in [6, 6.07) is 7.88. The van der Waals surface area contributed by atoms with Gasteiger partial charge in [-0.15, -0.1) is 0 Å². The number of aryl methyl sites for hydroxylation is 1. The van der Waals surface area contributed by atoms with Gasteiger partial charge in [-0.25, -0.2) is 0 Å². The molecule has 0 radical (unpaired) electrons. The third-order valence-electron chi connectivity index (χ3n) is 3.78. The van der Waals surface area contributed by atoms with E-state index in [0.29, 0.717) is 28.6 Å². The minimum Gasteiger partial charge on any atom is -0.457 e. The van der Waals surface area contributed by atoms with E-state index in [1.54, 1.807) is 31.2 Å². The van der Waals surface area contributed by atoms with Crippen LogP contribution in [0.4, 0.5) is 10.5 Å². The molecule has 138 valence electrons. The third kappa shape index (κ3) is 3.75.